The molecular weight excluding hydrogens is 294 g/mol. The third-order valence-corrected chi connectivity index (χ3v) is 4.09. The first-order valence-electron chi connectivity index (χ1n) is 6.22. The average molecular weight is 312 g/mol. The molecule has 1 amide bonds. The van der Waals surface area contributed by atoms with Crippen molar-refractivity contribution in [2.75, 3.05) is 11.9 Å². The van der Waals surface area contributed by atoms with Crippen LogP contribution in [0.1, 0.15) is 25.3 Å². The summed E-state index contributed by atoms with van der Waals surface area (Å²) in [5.74, 6) is 0.636. The van der Waals surface area contributed by atoms with Crippen LogP contribution >= 0.6 is 15.9 Å². The van der Waals surface area contributed by atoms with E-state index in [0.717, 1.165) is 35.2 Å². The number of halogens is 1. The smallest absolute Gasteiger partial charge is 0.241 e. The summed E-state index contributed by atoms with van der Waals surface area (Å²) >= 11 is 3.34. The van der Waals surface area contributed by atoms with Gasteiger partial charge in [0.25, 0.3) is 0 Å². The van der Waals surface area contributed by atoms with Crippen molar-refractivity contribution in [1.82, 2.24) is 10.3 Å². The second-order valence-electron chi connectivity index (χ2n) is 4.96. The van der Waals surface area contributed by atoms with Crippen molar-refractivity contribution < 1.29 is 4.79 Å². The van der Waals surface area contributed by atoms with E-state index in [9.17, 15) is 4.79 Å². The predicted molar refractivity (Wildman–Crippen MR) is 75.5 cm³/mol. The maximum atomic E-state index is 12.1. The van der Waals surface area contributed by atoms with Crippen LogP contribution in [-0.2, 0) is 4.79 Å². The highest BCUT2D eigenvalue weighted by Crippen LogP contribution is 2.19. The standard InChI is InChI=1S/C13H18BrN3O/c1-8-3-4-15-11(5-8)13(18)17-10-6-9(2)12(14)16-7-10/h6-8,11,15H,3-5H2,1-2H3,(H,17,18). The minimum atomic E-state index is -0.0855. The number of anilines is 1. The second-order valence-corrected chi connectivity index (χ2v) is 5.71. The number of hydrogen-bond acceptors (Lipinski definition) is 3. The molecule has 2 unspecified atom stereocenters. The minimum absolute atomic E-state index is 0.0325. The lowest BCUT2D eigenvalue weighted by Crippen LogP contribution is -2.45. The largest absolute Gasteiger partial charge is 0.323 e. The maximum Gasteiger partial charge on any atom is 0.241 e. The summed E-state index contributed by atoms with van der Waals surface area (Å²) in [6.45, 7) is 5.05. The first kappa shape index (κ1) is 13.5. The number of aromatic nitrogens is 1. The number of nitrogens with zero attached hydrogens (tertiary/aromatic N) is 1. The van der Waals surface area contributed by atoms with Gasteiger partial charge >= 0.3 is 0 Å². The fourth-order valence-corrected chi connectivity index (χ4v) is 2.38. The number of aryl methyl sites for hydroxylation is 1. The van der Waals surface area contributed by atoms with Gasteiger partial charge in [0.15, 0.2) is 0 Å². The molecule has 1 aromatic heterocycles. The molecule has 1 aliphatic heterocycles. The molecule has 18 heavy (non-hydrogen) atoms. The fourth-order valence-electron chi connectivity index (χ4n) is 2.16. The highest BCUT2D eigenvalue weighted by atomic mass is 79.9. The van der Waals surface area contributed by atoms with Gasteiger partial charge in [-0.3, -0.25) is 4.79 Å². The Morgan fingerprint density at radius 3 is 3.06 bits per heavy atom. The molecule has 2 N–H and O–H groups in total. The van der Waals surface area contributed by atoms with Gasteiger partial charge in [-0.1, -0.05) is 6.92 Å². The first-order valence-corrected chi connectivity index (χ1v) is 7.02. The molecule has 0 radical (unpaired) electrons. The number of hydrogen-bond donors (Lipinski definition) is 2. The lowest BCUT2D eigenvalue weighted by Gasteiger charge is -2.27. The van der Waals surface area contributed by atoms with Gasteiger partial charge in [-0.15, -0.1) is 0 Å². The molecule has 5 heteroatoms. The van der Waals surface area contributed by atoms with Crippen LogP contribution in [0.15, 0.2) is 16.9 Å². The van der Waals surface area contributed by atoms with Crippen molar-refractivity contribution in [3.8, 4) is 0 Å². The van der Waals surface area contributed by atoms with E-state index in [2.05, 4.69) is 38.5 Å². The molecule has 0 saturated carbocycles. The van der Waals surface area contributed by atoms with E-state index < -0.39 is 0 Å². The number of piperidine rings is 1. The molecule has 1 aliphatic rings. The number of rotatable bonds is 2. The molecule has 1 saturated heterocycles. The van der Waals surface area contributed by atoms with Crippen LogP contribution in [-0.4, -0.2) is 23.5 Å². The van der Waals surface area contributed by atoms with Crippen molar-refractivity contribution >= 4 is 27.5 Å². The molecule has 0 spiro atoms. The van der Waals surface area contributed by atoms with Crippen LogP contribution in [0.25, 0.3) is 0 Å². The summed E-state index contributed by atoms with van der Waals surface area (Å²) in [4.78, 5) is 16.3. The zero-order valence-electron chi connectivity index (χ0n) is 10.7. The highest BCUT2D eigenvalue weighted by Gasteiger charge is 2.24. The van der Waals surface area contributed by atoms with Crippen LogP contribution in [0, 0.1) is 12.8 Å². The second kappa shape index (κ2) is 5.80. The first-order chi connectivity index (χ1) is 8.56. The van der Waals surface area contributed by atoms with Gasteiger partial charge in [0.05, 0.1) is 17.9 Å². The maximum absolute atomic E-state index is 12.1. The molecule has 2 rings (SSSR count). The van der Waals surface area contributed by atoms with Gasteiger partial charge in [0.1, 0.15) is 4.60 Å². The van der Waals surface area contributed by atoms with Crippen LogP contribution in [0.3, 0.4) is 0 Å². The highest BCUT2D eigenvalue weighted by molar-refractivity contribution is 9.10. The van der Waals surface area contributed by atoms with Crippen LogP contribution < -0.4 is 10.6 Å². The van der Waals surface area contributed by atoms with E-state index >= 15 is 0 Å². The Morgan fingerprint density at radius 2 is 2.39 bits per heavy atom. The zero-order chi connectivity index (χ0) is 13.1. The molecule has 0 bridgehead atoms. The lowest BCUT2D eigenvalue weighted by molar-refractivity contribution is -0.119. The number of carbonyl (C=O) groups excluding carboxylic acids is 1. The van der Waals surface area contributed by atoms with Crippen molar-refractivity contribution in [3.05, 3.63) is 22.4 Å². The summed E-state index contributed by atoms with van der Waals surface area (Å²) in [5, 5.41) is 6.17. The minimum Gasteiger partial charge on any atom is -0.323 e. The molecule has 2 heterocycles. The summed E-state index contributed by atoms with van der Waals surface area (Å²) in [6, 6.07) is 1.83. The summed E-state index contributed by atoms with van der Waals surface area (Å²) in [7, 11) is 0. The summed E-state index contributed by atoms with van der Waals surface area (Å²) in [6.07, 6.45) is 3.71. The van der Waals surface area contributed by atoms with Gasteiger partial charge < -0.3 is 10.6 Å². The molecule has 98 valence electrons. The molecule has 1 fully saturated rings. The van der Waals surface area contributed by atoms with Gasteiger partial charge in [-0.25, -0.2) is 4.98 Å². The Hall–Kier alpha value is -0.940. The fraction of sp³-hybridized carbons (Fsp3) is 0.538. The van der Waals surface area contributed by atoms with Crippen LogP contribution in [0.4, 0.5) is 5.69 Å². The quantitative estimate of drug-likeness (QED) is 0.825. The van der Waals surface area contributed by atoms with E-state index in [1.54, 1.807) is 6.20 Å². The van der Waals surface area contributed by atoms with E-state index in [-0.39, 0.29) is 11.9 Å². The van der Waals surface area contributed by atoms with Gasteiger partial charge in [0.2, 0.25) is 5.91 Å². The summed E-state index contributed by atoms with van der Waals surface area (Å²) in [5.41, 5.74) is 1.76. The molecular formula is C13H18BrN3O. The van der Waals surface area contributed by atoms with E-state index in [1.807, 2.05) is 13.0 Å². The van der Waals surface area contributed by atoms with Crippen LogP contribution in [0.5, 0.6) is 0 Å². The summed E-state index contributed by atoms with van der Waals surface area (Å²) < 4.78 is 0.810. The van der Waals surface area contributed by atoms with Gasteiger partial charge in [-0.2, -0.15) is 0 Å². The Kier molecular flexibility index (Phi) is 4.35. The van der Waals surface area contributed by atoms with Crippen molar-refractivity contribution in [2.24, 2.45) is 5.92 Å². The topological polar surface area (TPSA) is 54.0 Å². The number of nitrogens with one attached hydrogen (secondary N) is 2. The molecule has 0 aliphatic carbocycles. The van der Waals surface area contributed by atoms with Crippen LogP contribution in [0.2, 0.25) is 0 Å². The van der Waals surface area contributed by atoms with Crippen molar-refractivity contribution in [3.63, 3.8) is 0 Å². The Morgan fingerprint density at radius 1 is 1.61 bits per heavy atom. The van der Waals surface area contributed by atoms with Gasteiger partial charge in [-0.05, 0) is 59.8 Å². The molecule has 1 aromatic rings. The Bertz CT molecular complexity index is 450. The molecule has 2 atom stereocenters. The van der Waals surface area contributed by atoms with Crippen molar-refractivity contribution in [2.45, 2.75) is 32.7 Å². The lowest BCUT2D eigenvalue weighted by atomic mass is 9.94. The monoisotopic (exact) mass is 311 g/mol. The molecule has 0 aromatic carbocycles. The zero-order valence-corrected chi connectivity index (χ0v) is 12.3. The van der Waals surface area contributed by atoms with E-state index in [1.165, 1.54) is 0 Å². The number of amides is 1. The normalized spacial score (nSPS) is 23.7. The Balaban J connectivity index is 2.00. The third-order valence-electron chi connectivity index (χ3n) is 3.26. The predicted octanol–water partition coefficient (Wildman–Crippen LogP) is 2.48. The number of pyridine rings is 1. The number of carbonyl (C=O) groups is 1. The third kappa shape index (κ3) is 3.29. The SMILES string of the molecule is Cc1cc(NC(=O)C2CC(C)CCN2)cnc1Br. The van der Waals surface area contributed by atoms with Crippen molar-refractivity contribution in [1.29, 1.82) is 0 Å². The average Bonchev–Trinajstić information content (AvgIpc) is 2.34. The Labute approximate surface area is 116 Å². The molecule has 4 nitrogen and oxygen atoms in total. The van der Waals surface area contributed by atoms with E-state index in [0.29, 0.717) is 5.92 Å². The van der Waals surface area contributed by atoms with E-state index in [4.69, 9.17) is 0 Å². The van der Waals surface area contributed by atoms with Gasteiger partial charge in [0, 0.05) is 0 Å².